The van der Waals surface area contributed by atoms with Crippen molar-refractivity contribution in [2.75, 3.05) is 6.54 Å². The molecule has 0 saturated carbocycles. The van der Waals surface area contributed by atoms with Gasteiger partial charge in [0.1, 0.15) is 0 Å². The van der Waals surface area contributed by atoms with Crippen LogP contribution in [0.15, 0.2) is 40.7 Å². The van der Waals surface area contributed by atoms with Crippen molar-refractivity contribution < 1.29 is 4.79 Å². The first kappa shape index (κ1) is 14.5. The van der Waals surface area contributed by atoms with Crippen molar-refractivity contribution in [2.24, 2.45) is 0 Å². The second-order valence-corrected chi connectivity index (χ2v) is 5.55. The van der Waals surface area contributed by atoms with Gasteiger partial charge < -0.3 is 10.3 Å². The Balaban J connectivity index is 1.67. The lowest BCUT2D eigenvalue weighted by atomic mass is 9.97. The van der Waals surface area contributed by atoms with E-state index in [-0.39, 0.29) is 17.3 Å². The van der Waals surface area contributed by atoms with Gasteiger partial charge in [0.2, 0.25) is 0 Å². The minimum atomic E-state index is -0.334. The van der Waals surface area contributed by atoms with Crippen LogP contribution in [0.4, 0.5) is 0 Å². The number of amides is 1. The Morgan fingerprint density at radius 1 is 1.27 bits per heavy atom. The third-order valence-electron chi connectivity index (χ3n) is 3.94. The lowest BCUT2D eigenvalue weighted by molar-refractivity contribution is 0.0943. The molecule has 0 bridgehead atoms. The molecule has 5 heteroatoms. The number of nitrogens with zero attached hydrogens (tertiary/aromatic N) is 1. The molecular formula is C17H19N3O2. The first-order chi connectivity index (χ1) is 10.7. The van der Waals surface area contributed by atoms with Crippen LogP contribution in [0.3, 0.4) is 0 Å². The molecule has 1 heterocycles. The van der Waals surface area contributed by atoms with E-state index in [1.165, 1.54) is 18.4 Å². The summed E-state index contributed by atoms with van der Waals surface area (Å²) in [7, 11) is 0. The monoisotopic (exact) mass is 297 g/mol. The highest BCUT2D eigenvalue weighted by Gasteiger charge is 2.11. The third kappa shape index (κ3) is 3.24. The Hall–Kier alpha value is -2.43. The molecule has 0 fully saturated rings. The van der Waals surface area contributed by atoms with Crippen LogP contribution in [0.2, 0.25) is 0 Å². The number of carbonyl (C=O) groups excluding carboxylic acids is 1. The normalized spacial score (nSPS) is 14.6. The molecule has 2 N–H and O–H groups in total. The molecule has 0 aliphatic heterocycles. The highest BCUT2D eigenvalue weighted by Crippen LogP contribution is 2.19. The molecule has 0 radical (unpaired) electrons. The molecule has 1 amide bonds. The first-order valence-electron chi connectivity index (χ1n) is 7.69. The van der Waals surface area contributed by atoms with Gasteiger partial charge in [0.15, 0.2) is 5.82 Å². The van der Waals surface area contributed by atoms with Gasteiger partial charge in [0.05, 0.1) is 10.9 Å². The summed E-state index contributed by atoms with van der Waals surface area (Å²) < 4.78 is 0. The summed E-state index contributed by atoms with van der Waals surface area (Å²) in [5, 5.41) is 3.32. The average Bonchev–Trinajstić information content (AvgIpc) is 2.56. The Morgan fingerprint density at radius 2 is 2.14 bits per heavy atom. The number of hydrogen-bond donors (Lipinski definition) is 2. The highest BCUT2D eigenvalue weighted by atomic mass is 16.2. The topological polar surface area (TPSA) is 74.8 Å². The average molecular weight is 297 g/mol. The molecule has 1 aromatic heterocycles. The number of rotatable bonds is 4. The van der Waals surface area contributed by atoms with Crippen molar-refractivity contribution in [3.05, 3.63) is 52.1 Å². The van der Waals surface area contributed by atoms with Crippen LogP contribution < -0.4 is 10.9 Å². The van der Waals surface area contributed by atoms with E-state index in [1.54, 1.807) is 24.3 Å². The van der Waals surface area contributed by atoms with Crippen LogP contribution in [-0.4, -0.2) is 22.4 Å². The van der Waals surface area contributed by atoms with Crippen LogP contribution in [0.25, 0.3) is 10.9 Å². The van der Waals surface area contributed by atoms with Crippen molar-refractivity contribution in [2.45, 2.75) is 32.1 Å². The number of benzene rings is 1. The fourth-order valence-electron chi connectivity index (χ4n) is 2.75. The predicted molar refractivity (Wildman–Crippen MR) is 85.9 cm³/mol. The summed E-state index contributed by atoms with van der Waals surface area (Å²) in [6.07, 6.45) is 7.90. The Labute approximate surface area is 128 Å². The van der Waals surface area contributed by atoms with E-state index in [0.29, 0.717) is 17.4 Å². The molecule has 3 rings (SSSR count). The zero-order valence-corrected chi connectivity index (χ0v) is 12.4. The quantitative estimate of drug-likeness (QED) is 0.852. The minimum absolute atomic E-state index is 0.0707. The van der Waals surface area contributed by atoms with Gasteiger partial charge in [-0.05, 0) is 44.2 Å². The van der Waals surface area contributed by atoms with E-state index in [1.807, 2.05) is 0 Å². The molecule has 0 unspecified atom stereocenters. The Kier molecular flexibility index (Phi) is 4.32. The maximum absolute atomic E-state index is 12.1. The van der Waals surface area contributed by atoms with Gasteiger partial charge in [-0.2, -0.15) is 0 Å². The van der Waals surface area contributed by atoms with E-state index in [9.17, 15) is 9.59 Å². The van der Waals surface area contributed by atoms with Crippen LogP contribution in [0, 0.1) is 0 Å². The number of carbonyl (C=O) groups is 1. The molecule has 0 atom stereocenters. The molecule has 0 spiro atoms. The highest BCUT2D eigenvalue weighted by molar-refractivity contribution is 5.92. The molecule has 1 aromatic carbocycles. The van der Waals surface area contributed by atoms with Gasteiger partial charge in [-0.15, -0.1) is 0 Å². The van der Waals surface area contributed by atoms with E-state index in [2.05, 4.69) is 21.4 Å². The fraction of sp³-hybridized carbons (Fsp3) is 0.353. The lowest BCUT2D eigenvalue weighted by Crippen LogP contribution is -2.29. The summed E-state index contributed by atoms with van der Waals surface area (Å²) in [5.41, 5.74) is 1.66. The number of allylic oxidation sites excluding steroid dienone is 1. The zero-order chi connectivity index (χ0) is 15.4. The van der Waals surface area contributed by atoms with Gasteiger partial charge in [0, 0.05) is 6.54 Å². The second kappa shape index (κ2) is 6.56. The maximum atomic E-state index is 12.1. The van der Waals surface area contributed by atoms with E-state index < -0.39 is 0 Å². The number of hydrogen-bond acceptors (Lipinski definition) is 3. The van der Waals surface area contributed by atoms with Crippen LogP contribution in [-0.2, 0) is 0 Å². The van der Waals surface area contributed by atoms with Gasteiger partial charge in [0.25, 0.3) is 11.5 Å². The number of nitrogens with one attached hydrogen (secondary N) is 2. The number of aromatic nitrogens is 2. The lowest BCUT2D eigenvalue weighted by Gasteiger charge is -2.12. The Bertz CT molecular complexity index is 777. The number of aromatic amines is 1. The Morgan fingerprint density at radius 3 is 2.95 bits per heavy atom. The van der Waals surface area contributed by atoms with Gasteiger partial charge >= 0.3 is 0 Å². The van der Waals surface area contributed by atoms with Crippen molar-refractivity contribution in [1.82, 2.24) is 15.3 Å². The van der Waals surface area contributed by atoms with Crippen molar-refractivity contribution >= 4 is 16.8 Å². The smallest absolute Gasteiger partial charge is 0.287 e. The van der Waals surface area contributed by atoms with Crippen molar-refractivity contribution in [1.29, 1.82) is 0 Å². The molecule has 1 aliphatic rings. The van der Waals surface area contributed by atoms with Crippen LogP contribution in [0.1, 0.15) is 42.7 Å². The molecule has 5 nitrogen and oxygen atoms in total. The van der Waals surface area contributed by atoms with Crippen molar-refractivity contribution in [3.8, 4) is 0 Å². The van der Waals surface area contributed by atoms with Crippen LogP contribution in [0.5, 0.6) is 0 Å². The second-order valence-electron chi connectivity index (χ2n) is 5.55. The van der Waals surface area contributed by atoms with Crippen molar-refractivity contribution in [3.63, 3.8) is 0 Å². The summed E-state index contributed by atoms with van der Waals surface area (Å²) >= 11 is 0. The van der Waals surface area contributed by atoms with E-state index >= 15 is 0 Å². The zero-order valence-electron chi connectivity index (χ0n) is 12.4. The first-order valence-corrected chi connectivity index (χ1v) is 7.69. The minimum Gasteiger partial charge on any atom is -0.349 e. The van der Waals surface area contributed by atoms with Gasteiger partial charge in [-0.3, -0.25) is 9.59 Å². The molecule has 2 aromatic rings. The maximum Gasteiger partial charge on any atom is 0.287 e. The van der Waals surface area contributed by atoms with E-state index in [4.69, 9.17) is 0 Å². The van der Waals surface area contributed by atoms with Crippen LogP contribution >= 0.6 is 0 Å². The number of fused-ring (bicyclic) bond motifs is 1. The molecule has 0 saturated heterocycles. The van der Waals surface area contributed by atoms with Gasteiger partial charge in [-0.1, -0.05) is 23.8 Å². The van der Waals surface area contributed by atoms with Gasteiger partial charge in [-0.25, -0.2) is 4.98 Å². The largest absolute Gasteiger partial charge is 0.349 e. The summed E-state index contributed by atoms with van der Waals surface area (Å²) in [6, 6.07) is 7.00. The van der Waals surface area contributed by atoms with E-state index in [0.717, 1.165) is 19.3 Å². The summed E-state index contributed by atoms with van der Waals surface area (Å²) in [6.45, 7) is 0.571. The SMILES string of the molecule is O=C(NCCC1=CCCCC1)c1nc2ccccc2c(=O)[nH]1. The number of para-hydroxylation sites is 1. The predicted octanol–water partition coefficient (Wildman–Crippen LogP) is 2.54. The molecule has 1 aliphatic carbocycles. The standard InChI is InChI=1S/C17H19N3O2/c21-16-13-8-4-5-9-14(13)19-15(20-16)17(22)18-11-10-12-6-2-1-3-7-12/h4-6,8-9H,1-3,7,10-11H2,(H,18,22)(H,19,20,21). The molecular weight excluding hydrogens is 278 g/mol. The third-order valence-corrected chi connectivity index (χ3v) is 3.94. The molecule has 22 heavy (non-hydrogen) atoms. The number of H-pyrrole nitrogens is 1. The summed E-state index contributed by atoms with van der Waals surface area (Å²) in [4.78, 5) is 30.8. The summed E-state index contributed by atoms with van der Waals surface area (Å²) in [5.74, 6) is -0.263. The fourth-order valence-corrected chi connectivity index (χ4v) is 2.75. The molecule has 114 valence electrons.